The van der Waals surface area contributed by atoms with Crippen molar-refractivity contribution < 1.29 is 32.3 Å². The molecule has 0 radical (unpaired) electrons. The Balaban J connectivity index is 1.79. The number of esters is 1. The smallest absolute Gasteiger partial charge is 0.308 e. The molecule has 11 nitrogen and oxygen atoms in total. The van der Waals surface area contributed by atoms with Gasteiger partial charge in [0.2, 0.25) is 11.8 Å². The van der Waals surface area contributed by atoms with Gasteiger partial charge in [-0.1, -0.05) is 51.1 Å². The first-order chi connectivity index (χ1) is 19.8. The minimum Gasteiger partial charge on any atom is -0.460 e. The molecule has 1 aliphatic rings. The van der Waals surface area contributed by atoms with Gasteiger partial charge in [-0.15, -0.1) is 0 Å². The van der Waals surface area contributed by atoms with Crippen LogP contribution in [0.2, 0.25) is 0 Å². The first kappa shape index (κ1) is 33.7. The number of amides is 3. The van der Waals surface area contributed by atoms with E-state index in [1.165, 1.54) is 11.0 Å². The van der Waals surface area contributed by atoms with Gasteiger partial charge in [0.05, 0.1) is 18.0 Å². The van der Waals surface area contributed by atoms with Gasteiger partial charge in [-0.3, -0.25) is 19.2 Å². The summed E-state index contributed by atoms with van der Waals surface area (Å²) in [4.78, 5) is 59.0. The van der Waals surface area contributed by atoms with Crippen molar-refractivity contribution in [3.8, 4) is 0 Å². The number of rotatable bonds is 9. The zero-order chi connectivity index (χ0) is 32.2. The van der Waals surface area contributed by atoms with Crippen molar-refractivity contribution in [2.75, 3.05) is 12.8 Å². The van der Waals surface area contributed by atoms with Gasteiger partial charge >= 0.3 is 5.97 Å². The lowest BCUT2D eigenvalue weighted by atomic mass is 9.85. The Morgan fingerprint density at radius 1 is 1.05 bits per heavy atom. The van der Waals surface area contributed by atoms with E-state index in [1.54, 1.807) is 39.0 Å². The van der Waals surface area contributed by atoms with E-state index >= 15 is 0 Å². The minimum atomic E-state index is -3.54. The molecule has 0 spiro atoms. The highest BCUT2D eigenvalue weighted by atomic mass is 32.2. The van der Waals surface area contributed by atoms with E-state index < -0.39 is 62.7 Å². The average Bonchev–Trinajstić information content (AvgIpc) is 3.37. The van der Waals surface area contributed by atoms with Crippen molar-refractivity contribution in [3.63, 3.8) is 0 Å². The summed E-state index contributed by atoms with van der Waals surface area (Å²) in [5.41, 5.74) is -0.657. The van der Waals surface area contributed by atoms with E-state index in [0.717, 1.165) is 17.1 Å². The molecule has 3 amide bonds. The topological polar surface area (TPSA) is 152 Å². The van der Waals surface area contributed by atoms with Crippen LogP contribution in [0.3, 0.4) is 0 Å². The maximum absolute atomic E-state index is 13.9. The first-order valence-electron chi connectivity index (χ1n) is 14.2. The number of aromatic nitrogens is 1. The normalized spacial score (nSPS) is 17.5. The summed E-state index contributed by atoms with van der Waals surface area (Å²) < 4.78 is 28.8. The monoisotopic (exact) mass is 614 g/mol. The fourth-order valence-corrected chi connectivity index (χ4v) is 5.24. The Morgan fingerprint density at radius 3 is 2.35 bits per heavy atom. The van der Waals surface area contributed by atoms with Crippen molar-refractivity contribution >= 4 is 44.4 Å². The predicted octanol–water partition coefficient (Wildman–Crippen LogP) is 3.15. The minimum absolute atomic E-state index is 0.166. The number of benzene rings is 1. The third kappa shape index (κ3) is 9.87. The van der Waals surface area contributed by atoms with Crippen LogP contribution in [0.4, 0.5) is 0 Å². The third-order valence-corrected chi connectivity index (χ3v) is 7.40. The molecule has 43 heavy (non-hydrogen) atoms. The van der Waals surface area contributed by atoms with Crippen molar-refractivity contribution in [3.05, 3.63) is 53.6 Å². The molecule has 1 saturated heterocycles. The molecule has 2 aromatic rings. The summed E-state index contributed by atoms with van der Waals surface area (Å²) >= 11 is 0. The lowest BCUT2D eigenvalue weighted by Crippen LogP contribution is -2.58. The first-order valence-corrected chi connectivity index (χ1v) is 16.2. The van der Waals surface area contributed by atoms with Crippen molar-refractivity contribution in [1.82, 2.24) is 20.5 Å². The number of likely N-dealkylation sites (tertiary alicyclic amines) is 1. The van der Waals surface area contributed by atoms with E-state index in [0.29, 0.717) is 24.9 Å². The zero-order valence-corrected chi connectivity index (χ0v) is 26.7. The number of carbonyl (C=O) groups excluding carboxylic acids is 4. The standard InChI is InChI=1S/C31H42N4O7S/c1-30(2,3)26(34-27(37)23-15-14-20-11-8-9-12-22(20)33-23)29(39)35-17-10-13-24(35)28(38)32-21(16-18-43(7,40)41)19-25(36)42-31(4,5)6/h8-9,11-12,14-16,18,21,24,26H,10,13,17,19H2,1-7H3,(H,32,38)(H,34,37)/t21-,24-,26-/m1/s1. The number of hydrogen-bond donors (Lipinski definition) is 2. The summed E-state index contributed by atoms with van der Waals surface area (Å²) in [6.07, 6.45) is 2.85. The van der Waals surface area contributed by atoms with Gasteiger partial charge in [0.15, 0.2) is 9.84 Å². The molecule has 3 rings (SSSR count). The van der Waals surface area contributed by atoms with Gasteiger partial charge in [0, 0.05) is 23.6 Å². The molecular formula is C31H42N4O7S. The molecule has 1 fully saturated rings. The van der Waals surface area contributed by atoms with Crippen molar-refractivity contribution in [2.24, 2.45) is 5.41 Å². The summed E-state index contributed by atoms with van der Waals surface area (Å²) in [7, 11) is -3.54. The molecular weight excluding hydrogens is 572 g/mol. The molecule has 1 aromatic carbocycles. The summed E-state index contributed by atoms with van der Waals surface area (Å²) in [5.74, 6) is -2.09. The van der Waals surface area contributed by atoms with Gasteiger partial charge in [-0.2, -0.15) is 0 Å². The molecule has 1 aromatic heterocycles. The van der Waals surface area contributed by atoms with Gasteiger partial charge < -0.3 is 20.3 Å². The number of nitrogens with zero attached hydrogens (tertiary/aromatic N) is 2. The molecule has 2 heterocycles. The van der Waals surface area contributed by atoms with Crippen molar-refractivity contribution in [2.45, 2.75) is 84.5 Å². The van der Waals surface area contributed by atoms with Gasteiger partial charge in [-0.05, 0) is 51.2 Å². The molecule has 12 heteroatoms. The van der Waals surface area contributed by atoms with Crippen LogP contribution >= 0.6 is 0 Å². The fraction of sp³-hybridized carbons (Fsp3) is 0.516. The predicted molar refractivity (Wildman–Crippen MR) is 164 cm³/mol. The zero-order valence-electron chi connectivity index (χ0n) is 25.8. The maximum Gasteiger partial charge on any atom is 0.308 e. The number of ether oxygens (including phenoxy) is 1. The second-order valence-corrected chi connectivity index (χ2v) is 14.8. The van der Waals surface area contributed by atoms with E-state index in [2.05, 4.69) is 15.6 Å². The van der Waals surface area contributed by atoms with E-state index in [9.17, 15) is 27.6 Å². The Morgan fingerprint density at radius 2 is 1.72 bits per heavy atom. The van der Waals surface area contributed by atoms with Crippen LogP contribution in [-0.4, -0.2) is 78.5 Å². The number of para-hydroxylation sites is 1. The molecule has 2 N–H and O–H groups in total. The molecule has 0 saturated carbocycles. The number of fused-ring (bicyclic) bond motifs is 1. The van der Waals surface area contributed by atoms with Gasteiger partial charge in [0.1, 0.15) is 23.4 Å². The third-order valence-electron chi connectivity index (χ3n) is 6.75. The second-order valence-electron chi connectivity index (χ2n) is 12.9. The van der Waals surface area contributed by atoms with Crippen LogP contribution < -0.4 is 10.6 Å². The quantitative estimate of drug-likeness (QED) is 0.409. The lowest BCUT2D eigenvalue weighted by Gasteiger charge is -2.35. The molecule has 1 aliphatic heterocycles. The Labute approximate surface area is 253 Å². The second kappa shape index (κ2) is 13.2. The summed E-state index contributed by atoms with van der Waals surface area (Å²) in [5, 5.41) is 7.35. The van der Waals surface area contributed by atoms with Crippen LogP contribution in [0.15, 0.2) is 47.9 Å². The fourth-order valence-electron chi connectivity index (χ4n) is 4.76. The summed E-state index contributed by atoms with van der Waals surface area (Å²) in [6, 6.07) is 7.96. The summed E-state index contributed by atoms with van der Waals surface area (Å²) in [6.45, 7) is 10.9. The number of nitrogens with one attached hydrogen (secondary N) is 2. The van der Waals surface area contributed by atoms with Gasteiger partial charge in [-0.25, -0.2) is 13.4 Å². The Bertz CT molecular complexity index is 1510. The molecule has 0 unspecified atom stereocenters. The highest BCUT2D eigenvalue weighted by molar-refractivity contribution is 7.93. The van der Waals surface area contributed by atoms with Crippen LogP contribution in [-0.2, 0) is 29.0 Å². The van der Waals surface area contributed by atoms with E-state index in [4.69, 9.17) is 4.74 Å². The van der Waals surface area contributed by atoms with Crippen LogP contribution in [0, 0.1) is 5.41 Å². The Hall–Kier alpha value is -3.80. The molecule has 3 atom stereocenters. The number of carbonyl (C=O) groups is 4. The average molecular weight is 615 g/mol. The largest absolute Gasteiger partial charge is 0.460 e. The number of hydrogen-bond acceptors (Lipinski definition) is 8. The SMILES string of the molecule is CC(C)(C)OC(=O)C[C@@H](C=CS(C)(=O)=O)NC(=O)[C@H]1CCCN1C(=O)[C@@H](NC(=O)c1ccc2ccccc2n1)C(C)(C)C. The molecule has 234 valence electrons. The van der Waals surface area contributed by atoms with Gasteiger partial charge in [0.25, 0.3) is 5.91 Å². The number of sulfone groups is 1. The van der Waals surface area contributed by atoms with E-state index in [-0.39, 0.29) is 12.1 Å². The highest BCUT2D eigenvalue weighted by Gasteiger charge is 2.42. The maximum atomic E-state index is 13.9. The highest BCUT2D eigenvalue weighted by Crippen LogP contribution is 2.26. The van der Waals surface area contributed by atoms with Crippen LogP contribution in [0.25, 0.3) is 10.9 Å². The molecule has 0 bridgehead atoms. The van der Waals surface area contributed by atoms with Crippen LogP contribution in [0.1, 0.15) is 71.3 Å². The van der Waals surface area contributed by atoms with Crippen molar-refractivity contribution in [1.29, 1.82) is 0 Å². The molecule has 0 aliphatic carbocycles. The lowest BCUT2D eigenvalue weighted by molar-refractivity contribution is -0.155. The van der Waals surface area contributed by atoms with E-state index in [1.807, 2.05) is 39.0 Å². The van der Waals surface area contributed by atoms with Crippen LogP contribution in [0.5, 0.6) is 0 Å². The Kier molecular flexibility index (Phi) is 10.4. The number of pyridine rings is 1.